The highest BCUT2D eigenvalue weighted by molar-refractivity contribution is 5.24. The number of aryl methyl sites for hydroxylation is 1. The minimum atomic E-state index is 0.285. The molecule has 0 bridgehead atoms. The number of hydrogen-bond donors (Lipinski definition) is 1. The van der Waals surface area contributed by atoms with Crippen LogP contribution in [0.25, 0.3) is 20.9 Å². The highest BCUT2D eigenvalue weighted by Crippen LogP contribution is 2.12. The van der Waals surface area contributed by atoms with E-state index in [9.17, 15) is 0 Å². The molecule has 0 aliphatic rings. The van der Waals surface area contributed by atoms with Crippen LogP contribution >= 0.6 is 0 Å². The average Bonchev–Trinajstić information content (AvgIpc) is 2.53. The number of nitrogens with one attached hydrogen (secondary N) is 1. The molecule has 0 atom stereocenters. The molecule has 7 nitrogen and oxygen atoms in total. The Hall–Kier alpha value is -2.10. The van der Waals surface area contributed by atoms with Gasteiger partial charge in [0.25, 0.3) is 0 Å². The molecule has 0 saturated heterocycles. The maximum Gasteiger partial charge on any atom is 0.0662 e. The van der Waals surface area contributed by atoms with Gasteiger partial charge in [0.1, 0.15) is 0 Å². The second-order valence-corrected chi connectivity index (χ2v) is 2.72. The molecule has 1 aromatic rings. The van der Waals surface area contributed by atoms with Crippen molar-refractivity contribution in [3.8, 4) is 0 Å². The summed E-state index contributed by atoms with van der Waals surface area (Å²) in [5.41, 5.74) is 18.9. The maximum atomic E-state index is 8.15. The Balaban J connectivity index is 2.80. The lowest BCUT2D eigenvalue weighted by molar-refractivity contribution is 0.982. The quantitative estimate of drug-likeness (QED) is 0.428. The standard InChI is InChI=1S/C7H9N7/c1-5-6(3-10-13-8)2-7(12-5)4-11-14-9/h2,12H,3-4H2,1H3. The van der Waals surface area contributed by atoms with Gasteiger partial charge in [-0.25, -0.2) is 0 Å². The second kappa shape index (κ2) is 4.81. The van der Waals surface area contributed by atoms with Crippen LogP contribution in [0.3, 0.4) is 0 Å². The van der Waals surface area contributed by atoms with Crippen LogP contribution in [0.15, 0.2) is 16.3 Å². The van der Waals surface area contributed by atoms with Crippen LogP contribution < -0.4 is 0 Å². The lowest BCUT2D eigenvalue weighted by atomic mass is 10.2. The van der Waals surface area contributed by atoms with Crippen LogP contribution in [-0.4, -0.2) is 4.98 Å². The van der Waals surface area contributed by atoms with E-state index in [1.54, 1.807) is 0 Å². The zero-order valence-corrected chi connectivity index (χ0v) is 7.67. The molecule has 1 aromatic heterocycles. The summed E-state index contributed by atoms with van der Waals surface area (Å²) in [6.07, 6.45) is 0. The molecule has 0 aliphatic carbocycles. The van der Waals surface area contributed by atoms with Crippen molar-refractivity contribution >= 4 is 0 Å². The number of nitrogens with zero attached hydrogens (tertiary/aromatic N) is 6. The fourth-order valence-electron chi connectivity index (χ4n) is 1.14. The van der Waals surface area contributed by atoms with E-state index in [0.717, 1.165) is 17.0 Å². The molecule has 0 aromatic carbocycles. The molecule has 0 spiro atoms. The van der Waals surface area contributed by atoms with Crippen LogP contribution in [0.5, 0.6) is 0 Å². The van der Waals surface area contributed by atoms with Gasteiger partial charge in [0.2, 0.25) is 0 Å². The number of aromatic nitrogens is 1. The minimum Gasteiger partial charge on any atom is -0.362 e. The van der Waals surface area contributed by atoms with Crippen molar-refractivity contribution in [1.29, 1.82) is 0 Å². The first-order chi connectivity index (χ1) is 6.77. The number of rotatable bonds is 4. The highest BCUT2D eigenvalue weighted by atomic mass is 15.1. The predicted octanol–water partition coefficient (Wildman–Crippen LogP) is 2.94. The smallest absolute Gasteiger partial charge is 0.0662 e. The Kier molecular flexibility index (Phi) is 3.43. The molecule has 0 saturated carbocycles. The van der Waals surface area contributed by atoms with Crippen molar-refractivity contribution in [1.82, 2.24) is 4.98 Å². The lowest BCUT2D eigenvalue weighted by Gasteiger charge is -1.89. The fraction of sp³-hybridized carbons (Fsp3) is 0.429. The van der Waals surface area contributed by atoms with E-state index in [1.165, 1.54) is 0 Å². The van der Waals surface area contributed by atoms with Gasteiger partial charge >= 0.3 is 0 Å². The summed E-state index contributed by atoms with van der Waals surface area (Å²) in [4.78, 5) is 8.37. The molecular formula is C7H9N7. The summed E-state index contributed by atoms with van der Waals surface area (Å²) in [5.74, 6) is 0. The largest absolute Gasteiger partial charge is 0.362 e. The van der Waals surface area contributed by atoms with E-state index in [0.29, 0.717) is 6.54 Å². The Morgan fingerprint density at radius 1 is 1.29 bits per heavy atom. The van der Waals surface area contributed by atoms with Gasteiger partial charge in [-0.1, -0.05) is 10.2 Å². The summed E-state index contributed by atoms with van der Waals surface area (Å²) < 4.78 is 0. The molecule has 0 unspecified atom stereocenters. The van der Waals surface area contributed by atoms with Gasteiger partial charge in [-0.15, -0.1) is 0 Å². The zero-order chi connectivity index (χ0) is 10.4. The molecule has 1 N–H and O–H groups in total. The van der Waals surface area contributed by atoms with Gasteiger partial charge in [0.05, 0.1) is 13.1 Å². The second-order valence-electron chi connectivity index (χ2n) is 2.72. The van der Waals surface area contributed by atoms with Gasteiger partial charge in [-0.05, 0) is 29.6 Å². The van der Waals surface area contributed by atoms with Crippen molar-refractivity contribution in [3.63, 3.8) is 0 Å². The highest BCUT2D eigenvalue weighted by Gasteiger charge is 2.01. The lowest BCUT2D eigenvalue weighted by Crippen LogP contribution is -1.80. The molecule has 1 heterocycles. The van der Waals surface area contributed by atoms with Crippen molar-refractivity contribution in [2.45, 2.75) is 20.0 Å². The minimum absolute atomic E-state index is 0.285. The third-order valence-corrected chi connectivity index (χ3v) is 1.79. The number of aromatic amines is 1. The number of azide groups is 2. The molecule has 14 heavy (non-hydrogen) atoms. The van der Waals surface area contributed by atoms with E-state index < -0.39 is 0 Å². The molecular weight excluding hydrogens is 182 g/mol. The Bertz CT molecular complexity index is 406. The van der Waals surface area contributed by atoms with Crippen molar-refractivity contribution in [2.24, 2.45) is 10.2 Å². The van der Waals surface area contributed by atoms with Gasteiger partial charge in [0, 0.05) is 21.2 Å². The van der Waals surface area contributed by atoms with E-state index in [-0.39, 0.29) is 6.54 Å². The average molecular weight is 191 g/mol. The molecule has 7 heteroatoms. The van der Waals surface area contributed by atoms with Crippen LogP contribution in [-0.2, 0) is 13.1 Å². The number of H-pyrrole nitrogens is 1. The van der Waals surface area contributed by atoms with Crippen molar-refractivity contribution in [3.05, 3.63) is 43.9 Å². The van der Waals surface area contributed by atoms with Gasteiger partial charge < -0.3 is 4.98 Å². The third kappa shape index (κ3) is 2.45. The van der Waals surface area contributed by atoms with E-state index in [2.05, 4.69) is 25.0 Å². The van der Waals surface area contributed by atoms with E-state index in [1.807, 2.05) is 13.0 Å². The summed E-state index contributed by atoms with van der Waals surface area (Å²) in [6.45, 7) is 2.48. The zero-order valence-electron chi connectivity index (χ0n) is 7.67. The normalized spacial score (nSPS) is 8.93. The summed E-state index contributed by atoms with van der Waals surface area (Å²) >= 11 is 0. The van der Waals surface area contributed by atoms with E-state index >= 15 is 0 Å². The van der Waals surface area contributed by atoms with E-state index in [4.69, 9.17) is 11.1 Å². The van der Waals surface area contributed by atoms with Crippen LogP contribution in [0.2, 0.25) is 0 Å². The summed E-state index contributed by atoms with van der Waals surface area (Å²) in [7, 11) is 0. The Labute approximate surface area is 80.0 Å². The molecule has 0 fully saturated rings. The van der Waals surface area contributed by atoms with Gasteiger partial charge in [-0.2, -0.15) is 0 Å². The topological polar surface area (TPSA) is 113 Å². The first kappa shape index (κ1) is 9.98. The van der Waals surface area contributed by atoms with Crippen molar-refractivity contribution in [2.75, 3.05) is 0 Å². The SMILES string of the molecule is Cc1[nH]c(CN=[N+]=[N-])cc1CN=[N+]=[N-]. The summed E-state index contributed by atoms with van der Waals surface area (Å²) in [6, 6.07) is 1.83. The Morgan fingerprint density at radius 2 is 1.93 bits per heavy atom. The van der Waals surface area contributed by atoms with Crippen molar-refractivity contribution < 1.29 is 0 Å². The van der Waals surface area contributed by atoms with Crippen LogP contribution in [0, 0.1) is 6.92 Å². The molecule has 0 aliphatic heterocycles. The monoisotopic (exact) mass is 191 g/mol. The third-order valence-electron chi connectivity index (χ3n) is 1.79. The molecule has 1 rings (SSSR count). The van der Waals surface area contributed by atoms with Crippen LogP contribution in [0.4, 0.5) is 0 Å². The van der Waals surface area contributed by atoms with Crippen LogP contribution in [0.1, 0.15) is 17.0 Å². The summed E-state index contributed by atoms with van der Waals surface area (Å²) in [5, 5.41) is 6.88. The fourth-order valence-corrected chi connectivity index (χ4v) is 1.14. The first-order valence-corrected chi connectivity index (χ1v) is 3.97. The molecule has 0 radical (unpaired) electrons. The molecule has 0 amide bonds. The molecule has 72 valence electrons. The Morgan fingerprint density at radius 3 is 2.57 bits per heavy atom. The maximum absolute atomic E-state index is 8.15. The van der Waals surface area contributed by atoms with Gasteiger partial charge in [0.15, 0.2) is 0 Å². The van der Waals surface area contributed by atoms with Gasteiger partial charge in [-0.3, -0.25) is 0 Å². The first-order valence-electron chi connectivity index (χ1n) is 3.97. The number of hydrogen-bond acceptors (Lipinski definition) is 2. The predicted molar refractivity (Wildman–Crippen MR) is 51.2 cm³/mol.